The van der Waals surface area contributed by atoms with E-state index in [1.54, 1.807) is 25.2 Å². The first-order valence-electron chi connectivity index (χ1n) is 5.88. The van der Waals surface area contributed by atoms with Gasteiger partial charge in [0.25, 0.3) is 0 Å². The monoisotopic (exact) mass is 344 g/mol. The highest BCUT2D eigenvalue weighted by Gasteiger charge is 2.35. The van der Waals surface area contributed by atoms with E-state index in [1.165, 1.54) is 6.20 Å². The zero-order chi connectivity index (χ0) is 14.8. The summed E-state index contributed by atoms with van der Waals surface area (Å²) >= 11 is 3.37. The minimum Gasteiger partial charge on any atom is -0.309 e. The van der Waals surface area contributed by atoms with Gasteiger partial charge in [0, 0.05) is 22.4 Å². The molecule has 1 N–H and O–H groups in total. The first-order valence-corrected chi connectivity index (χ1v) is 6.67. The number of nitrogens with zero attached hydrogens (tertiary/aromatic N) is 1. The summed E-state index contributed by atoms with van der Waals surface area (Å²) in [5.74, 6) is 0. The molecule has 0 saturated heterocycles. The maximum absolute atomic E-state index is 13.1. The summed E-state index contributed by atoms with van der Waals surface area (Å²) in [6, 6.07) is 7.58. The summed E-state index contributed by atoms with van der Waals surface area (Å²) in [6.07, 6.45) is -2.00. The predicted octanol–water partition coefficient (Wildman–Crippen LogP) is 4.17. The minimum absolute atomic E-state index is 0.106. The maximum atomic E-state index is 13.1. The van der Waals surface area contributed by atoms with Crippen molar-refractivity contribution in [3.05, 3.63) is 63.9 Å². The smallest absolute Gasteiger partial charge is 0.309 e. The lowest BCUT2D eigenvalue weighted by molar-refractivity contribution is -0.138. The lowest BCUT2D eigenvalue weighted by atomic mass is 9.96. The van der Waals surface area contributed by atoms with Crippen LogP contribution in [0.25, 0.3) is 0 Å². The molecule has 1 aromatic carbocycles. The van der Waals surface area contributed by atoms with Crippen LogP contribution in [0.5, 0.6) is 0 Å². The summed E-state index contributed by atoms with van der Waals surface area (Å²) in [6.45, 7) is 0. The molecule has 1 heterocycles. The van der Waals surface area contributed by atoms with Crippen LogP contribution in [0, 0.1) is 0 Å². The molecule has 0 spiro atoms. The van der Waals surface area contributed by atoms with Crippen molar-refractivity contribution in [3.63, 3.8) is 0 Å². The van der Waals surface area contributed by atoms with Crippen LogP contribution in [-0.4, -0.2) is 12.0 Å². The Hall–Kier alpha value is -1.40. The van der Waals surface area contributed by atoms with Crippen molar-refractivity contribution in [2.24, 2.45) is 0 Å². The Morgan fingerprint density at radius 2 is 1.85 bits per heavy atom. The van der Waals surface area contributed by atoms with Gasteiger partial charge in [-0.15, -0.1) is 0 Å². The average molecular weight is 345 g/mol. The number of halogens is 4. The number of pyridine rings is 1. The summed E-state index contributed by atoms with van der Waals surface area (Å²) in [5.41, 5.74) is 0.158. The zero-order valence-electron chi connectivity index (χ0n) is 10.6. The van der Waals surface area contributed by atoms with Gasteiger partial charge in [-0.05, 0) is 24.7 Å². The van der Waals surface area contributed by atoms with Gasteiger partial charge in [0.2, 0.25) is 0 Å². The lowest BCUT2D eigenvalue weighted by Crippen LogP contribution is -2.22. The van der Waals surface area contributed by atoms with Gasteiger partial charge >= 0.3 is 6.18 Å². The van der Waals surface area contributed by atoms with Crippen molar-refractivity contribution >= 4 is 15.9 Å². The molecule has 1 atom stereocenters. The average Bonchev–Trinajstić information content (AvgIpc) is 2.41. The van der Waals surface area contributed by atoms with Crippen molar-refractivity contribution in [2.45, 2.75) is 12.2 Å². The van der Waals surface area contributed by atoms with E-state index in [4.69, 9.17) is 0 Å². The Morgan fingerprint density at radius 3 is 2.45 bits per heavy atom. The summed E-state index contributed by atoms with van der Waals surface area (Å²) < 4.78 is 40.0. The molecule has 0 fully saturated rings. The molecule has 0 aliphatic rings. The molecule has 0 aliphatic carbocycles. The third-order valence-electron chi connectivity index (χ3n) is 2.97. The fraction of sp³-hybridized carbons (Fsp3) is 0.214. The van der Waals surface area contributed by atoms with Gasteiger partial charge in [-0.2, -0.15) is 13.2 Å². The second-order valence-corrected chi connectivity index (χ2v) is 5.06. The number of aromatic nitrogens is 1. The minimum atomic E-state index is -4.41. The van der Waals surface area contributed by atoms with E-state index in [0.29, 0.717) is 0 Å². The fourth-order valence-electron chi connectivity index (χ4n) is 2.08. The van der Waals surface area contributed by atoms with Gasteiger partial charge in [0.05, 0.1) is 11.6 Å². The van der Waals surface area contributed by atoms with Crippen molar-refractivity contribution in [2.75, 3.05) is 7.05 Å². The van der Waals surface area contributed by atoms with Crippen LogP contribution < -0.4 is 5.32 Å². The first kappa shape index (κ1) is 15.0. The molecule has 0 amide bonds. The van der Waals surface area contributed by atoms with Gasteiger partial charge in [-0.1, -0.05) is 34.1 Å². The van der Waals surface area contributed by atoms with Crippen molar-refractivity contribution in [1.29, 1.82) is 0 Å². The van der Waals surface area contributed by atoms with Gasteiger partial charge in [0.1, 0.15) is 0 Å². The second-order valence-electron chi connectivity index (χ2n) is 4.20. The third kappa shape index (κ3) is 3.02. The molecule has 0 saturated carbocycles. The van der Waals surface area contributed by atoms with Crippen LogP contribution in [-0.2, 0) is 6.18 Å². The largest absolute Gasteiger partial charge is 0.416 e. The summed E-state index contributed by atoms with van der Waals surface area (Å²) in [4.78, 5) is 3.83. The molecule has 1 unspecified atom stereocenters. The molecule has 2 nitrogen and oxygen atoms in total. The molecule has 106 valence electrons. The van der Waals surface area contributed by atoms with E-state index >= 15 is 0 Å². The number of hydrogen-bond donors (Lipinski definition) is 1. The maximum Gasteiger partial charge on any atom is 0.416 e. The topological polar surface area (TPSA) is 24.9 Å². The van der Waals surface area contributed by atoms with Gasteiger partial charge in [0.15, 0.2) is 0 Å². The molecular formula is C14H12BrF3N2. The van der Waals surface area contributed by atoms with Crippen molar-refractivity contribution in [3.8, 4) is 0 Å². The second kappa shape index (κ2) is 5.93. The van der Waals surface area contributed by atoms with E-state index in [-0.39, 0.29) is 5.56 Å². The molecule has 0 bridgehead atoms. The van der Waals surface area contributed by atoms with E-state index in [9.17, 15) is 13.2 Å². The quantitative estimate of drug-likeness (QED) is 0.903. The van der Waals surface area contributed by atoms with Crippen LogP contribution in [0.4, 0.5) is 13.2 Å². The molecule has 2 rings (SSSR count). The molecule has 0 aliphatic heterocycles. The number of nitrogens with one attached hydrogen (secondary N) is 1. The zero-order valence-corrected chi connectivity index (χ0v) is 12.2. The van der Waals surface area contributed by atoms with Gasteiger partial charge in [-0.25, -0.2) is 0 Å². The van der Waals surface area contributed by atoms with E-state index in [0.717, 1.165) is 22.3 Å². The fourth-order valence-corrected chi connectivity index (χ4v) is 2.60. The van der Waals surface area contributed by atoms with E-state index in [2.05, 4.69) is 26.2 Å². The standard InChI is InChI=1S/C14H12BrF3N2/c1-19-13(9-4-2-3-5-12(9)15)10-8-20-7-6-11(10)14(16,17)18/h2-8,13,19H,1H3. The Balaban J connectivity index is 2.57. The Kier molecular flexibility index (Phi) is 4.45. The molecule has 2 aromatic rings. The third-order valence-corrected chi connectivity index (χ3v) is 3.70. The molecule has 20 heavy (non-hydrogen) atoms. The summed E-state index contributed by atoms with van der Waals surface area (Å²) in [7, 11) is 1.62. The number of rotatable bonds is 3. The predicted molar refractivity (Wildman–Crippen MR) is 74.3 cm³/mol. The van der Waals surface area contributed by atoms with Crippen LogP contribution in [0.15, 0.2) is 47.2 Å². The normalized spacial score (nSPS) is 13.2. The van der Waals surface area contributed by atoms with E-state index < -0.39 is 17.8 Å². The highest BCUT2D eigenvalue weighted by Crippen LogP contribution is 2.37. The van der Waals surface area contributed by atoms with Crippen LogP contribution in [0.3, 0.4) is 0 Å². The number of hydrogen-bond acceptors (Lipinski definition) is 2. The van der Waals surface area contributed by atoms with E-state index in [1.807, 2.05) is 6.07 Å². The Bertz CT molecular complexity index is 599. The number of alkyl halides is 3. The van der Waals surface area contributed by atoms with Crippen LogP contribution >= 0.6 is 15.9 Å². The Morgan fingerprint density at radius 1 is 1.15 bits per heavy atom. The van der Waals surface area contributed by atoms with Crippen LogP contribution in [0.1, 0.15) is 22.7 Å². The first-order chi connectivity index (χ1) is 9.45. The molecule has 6 heteroatoms. The van der Waals surface area contributed by atoms with Crippen molar-refractivity contribution in [1.82, 2.24) is 10.3 Å². The van der Waals surface area contributed by atoms with Crippen molar-refractivity contribution < 1.29 is 13.2 Å². The molecular weight excluding hydrogens is 333 g/mol. The molecule has 1 aromatic heterocycles. The highest BCUT2D eigenvalue weighted by molar-refractivity contribution is 9.10. The highest BCUT2D eigenvalue weighted by atomic mass is 79.9. The summed E-state index contributed by atoms with van der Waals surface area (Å²) in [5, 5.41) is 2.92. The SMILES string of the molecule is CNC(c1ccccc1Br)c1cnccc1C(F)(F)F. The Labute approximate surface area is 123 Å². The van der Waals surface area contributed by atoms with Crippen LogP contribution in [0.2, 0.25) is 0 Å². The van der Waals surface area contributed by atoms with Gasteiger partial charge in [-0.3, -0.25) is 4.98 Å². The lowest BCUT2D eigenvalue weighted by Gasteiger charge is -2.22. The molecule has 0 radical (unpaired) electrons. The number of benzene rings is 1. The van der Waals surface area contributed by atoms with Gasteiger partial charge < -0.3 is 5.32 Å².